The Kier molecular flexibility index (Phi) is 5.40. The summed E-state index contributed by atoms with van der Waals surface area (Å²) in [6, 6.07) is 5.47. The smallest absolute Gasteiger partial charge is 0.254 e. The van der Waals surface area contributed by atoms with E-state index >= 15 is 0 Å². The van der Waals surface area contributed by atoms with Gasteiger partial charge >= 0.3 is 0 Å². The van der Waals surface area contributed by atoms with Gasteiger partial charge in [-0.1, -0.05) is 15.9 Å². The first-order valence-corrected chi connectivity index (χ1v) is 6.16. The van der Waals surface area contributed by atoms with E-state index in [9.17, 15) is 4.79 Å². The third-order valence-corrected chi connectivity index (χ3v) is 3.13. The molecule has 0 saturated heterocycles. The standard InChI is InChI=1S/C10H12Br2N2O2/c1-16-9(5-13)10(15)14-8-3-2-6(11)4-7(8)12/h2-4,9H,5,13H2,1H3,(H,14,15). The zero-order chi connectivity index (χ0) is 12.1. The summed E-state index contributed by atoms with van der Waals surface area (Å²) in [5.74, 6) is -0.256. The minimum atomic E-state index is -0.629. The van der Waals surface area contributed by atoms with Crippen LogP contribution in [0.2, 0.25) is 0 Å². The molecule has 0 aliphatic rings. The molecule has 0 bridgehead atoms. The van der Waals surface area contributed by atoms with Crippen molar-refractivity contribution in [3.05, 3.63) is 27.1 Å². The first kappa shape index (κ1) is 13.6. The van der Waals surface area contributed by atoms with Gasteiger partial charge in [0.25, 0.3) is 5.91 Å². The molecule has 0 aromatic heterocycles. The van der Waals surface area contributed by atoms with Crippen molar-refractivity contribution in [1.82, 2.24) is 0 Å². The molecule has 88 valence electrons. The third-order valence-electron chi connectivity index (χ3n) is 1.98. The molecule has 0 aliphatic heterocycles. The summed E-state index contributed by atoms with van der Waals surface area (Å²) in [6.07, 6.45) is -0.629. The number of hydrogen-bond donors (Lipinski definition) is 2. The number of carbonyl (C=O) groups excluding carboxylic acids is 1. The van der Waals surface area contributed by atoms with Crippen LogP contribution in [0.1, 0.15) is 0 Å². The highest BCUT2D eigenvalue weighted by atomic mass is 79.9. The van der Waals surface area contributed by atoms with Crippen molar-refractivity contribution in [2.45, 2.75) is 6.10 Å². The number of methoxy groups -OCH3 is 1. The molecule has 1 atom stereocenters. The number of amides is 1. The number of carbonyl (C=O) groups is 1. The fourth-order valence-corrected chi connectivity index (χ4v) is 2.26. The Morgan fingerprint density at radius 3 is 2.75 bits per heavy atom. The molecular formula is C10H12Br2N2O2. The van der Waals surface area contributed by atoms with E-state index in [2.05, 4.69) is 37.2 Å². The zero-order valence-corrected chi connectivity index (χ0v) is 11.8. The third kappa shape index (κ3) is 3.55. The quantitative estimate of drug-likeness (QED) is 0.873. The lowest BCUT2D eigenvalue weighted by Crippen LogP contribution is -2.35. The maximum atomic E-state index is 11.7. The number of halogens is 2. The Hall–Kier alpha value is -0.430. The number of rotatable bonds is 4. The minimum absolute atomic E-state index is 0.149. The van der Waals surface area contributed by atoms with Crippen molar-refractivity contribution >= 4 is 43.5 Å². The van der Waals surface area contributed by atoms with Crippen LogP contribution >= 0.6 is 31.9 Å². The van der Waals surface area contributed by atoms with Gasteiger partial charge in [-0.25, -0.2) is 0 Å². The van der Waals surface area contributed by atoms with Crippen LogP contribution in [0.5, 0.6) is 0 Å². The summed E-state index contributed by atoms with van der Waals surface area (Å²) in [6.45, 7) is 0.149. The molecule has 1 rings (SSSR count). The van der Waals surface area contributed by atoms with Crippen molar-refractivity contribution in [1.29, 1.82) is 0 Å². The van der Waals surface area contributed by atoms with Gasteiger partial charge < -0.3 is 15.8 Å². The lowest BCUT2D eigenvalue weighted by atomic mass is 10.3. The maximum absolute atomic E-state index is 11.7. The second-order valence-electron chi connectivity index (χ2n) is 3.07. The largest absolute Gasteiger partial charge is 0.370 e. The van der Waals surface area contributed by atoms with Gasteiger partial charge in [0.15, 0.2) is 0 Å². The van der Waals surface area contributed by atoms with Gasteiger partial charge in [0.05, 0.1) is 5.69 Å². The van der Waals surface area contributed by atoms with Gasteiger partial charge in [0.1, 0.15) is 6.10 Å². The number of anilines is 1. The molecule has 0 heterocycles. The van der Waals surface area contributed by atoms with Crippen LogP contribution in [-0.4, -0.2) is 25.7 Å². The molecule has 1 aromatic carbocycles. The highest BCUT2D eigenvalue weighted by molar-refractivity contribution is 9.11. The van der Waals surface area contributed by atoms with Crippen molar-refractivity contribution in [2.75, 3.05) is 19.0 Å². The van der Waals surface area contributed by atoms with Crippen LogP contribution in [0.4, 0.5) is 5.69 Å². The number of nitrogens with two attached hydrogens (primary N) is 1. The van der Waals surface area contributed by atoms with Crippen molar-refractivity contribution in [3.63, 3.8) is 0 Å². The van der Waals surface area contributed by atoms with Crippen molar-refractivity contribution < 1.29 is 9.53 Å². The van der Waals surface area contributed by atoms with Crippen molar-refractivity contribution in [2.24, 2.45) is 5.73 Å². The Bertz CT molecular complexity index is 381. The molecule has 1 unspecified atom stereocenters. The van der Waals surface area contributed by atoms with E-state index in [1.54, 1.807) is 6.07 Å². The first-order valence-electron chi connectivity index (χ1n) is 4.57. The van der Waals surface area contributed by atoms with E-state index in [1.807, 2.05) is 12.1 Å². The highest BCUT2D eigenvalue weighted by Crippen LogP contribution is 2.26. The summed E-state index contributed by atoms with van der Waals surface area (Å²) in [4.78, 5) is 11.7. The average molecular weight is 352 g/mol. The minimum Gasteiger partial charge on any atom is -0.370 e. The second-order valence-corrected chi connectivity index (χ2v) is 4.84. The fraction of sp³-hybridized carbons (Fsp3) is 0.300. The molecule has 0 radical (unpaired) electrons. The molecule has 1 aromatic rings. The van der Waals surface area contributed by atoms with E-state index in [0.717, 1.165) is 8.95 Å². The predicted molar refractivity (Wildman–Crippen MR) is 70.3 cm³/mol. The van der Waals surface area contributed by atoms with Gasteiger partial charge in [-0.2, -0.15) is 0 Å². The lowest BCUT2D eigenvalue weighted by Gasteiger charge is -2.14. The van der Waals surface area contributed by atoms with Crippen LogP contribution in [0.25, 0.3) is 0 Å². The number of ether oxygens (including phenoxy) is 1. The topological polar surface area (TPSA) is 64.3 Å². The zero-order valence-electron chi connectivity index (χ0n) is 8.67. The Morgan fingerprint density at radius 2 is 2.25 bits per heavy atom. The van der Waals surface area contributed by atoms with Gasteiger partial charge in [0, 0.05) is 22.6 Å². The van der Waals surface area contributed by atoms with Crippen LogP contribution in [0.15, 0.2) is 27.1 Å². The SMILES string of the molecule is COC(CN)C(=O)Nc1ccc(Br)cc1Br. The molecule has 4 nitrogen and oxygen atoms in total. The lowest BCUT2D eigenvalue weighted by molar-refractivity contribution is -0.125. The molecule has 0 spiro atoms. The average Bonchev–Trinajstić information content (AvgIpc) is 2.24. The summed E-state index contributed by atoms with van der Waals surface area (Å²) in [7, 11) is 1.45. The van der Waals surface area contributed by atoms with E-state index in [0.29, 0.717) is 5.69 Å². The van der Waals surface area contributed by atoms with Crippen LogP contribution in [0, 0.1) is 0 Å². The molecule has 0 fully saturated rings. The van der Waals surface area contributed by atoms with Crippen molar-refractivity contribution in [3.8, 4) is 0 Å². The maximum Gasteiger partial charge on any atom is 0.254 e. The van der Waals surface area contributed by atoms with E-state index in [-0.39, 0.29) is 12.5 Å². The predicted octanol–water partition coefficient (Wildman–Crippen LogP) is 2.12. The fourth-order valence-electron chi connectivity index (χ4n) is 1.11. The summed E-state index contributed by atoms with van der Waals surface area (Å²) in [5.41, 5.74) is 6.08. The van der Waals surface area contributed by atoms with Crippen LogP contribution < -0.4 is 11.1 Å². The Morgan fingerprint density at radius 1 is 1.56 bits per heavy atom. The molecule has 6 heteroatoms. The van der Waals surface area contributed by atoms with Crippen LogP contribution in [0.3, 0.4) is 0 Å². The second kappa shape index (κ2) is 6.34. The summed E-state index contributed by atoms with van der Waals surface area (Å²) < 4.78 is 6.66. The van der Waals surface area contributed by atoms with E-state index in [1.165, 1.54) is 7.11 Å². The molecule has 3 N–H and O–H groups in total. The molecule has 0 saturated carbocycles. The van der Waals surface area contributed by atoms with Gasteiger partial charge in [-0.3, -0.25) is 4.79 Å². The summed E-state index contributed by atoms with van der Waals surface area (Å²) >= 11 is 6.68. The van der Waals surface area contributed by atoms with E-state index in [4.69, 9.17) is 10.5 Å². The Balaban J connectivity index is 2.76. The van der Waals surface area contributed by atoms with Crippen LogP contribution in [-0.2, 0) is 9.53 Å². The highest BCUT2D eigenvalue weighted by Gasteiger charge is 2.16. The monoisotopic (exact) mass is 350 g/mol. The van der Waals surface area contributed by atoms with Gasteiger partial charge in [-0.15, -0.1) is 0 Å². The molecule has 16 heavy (non-hydrogen) atoms. The first-order chi connectivity index (χ1) is 7.58. The number of hydrogen-bond acceptors (Lipinski definition) is 3. The Labute approximate surface area is 111 Å². The van der Waals surface area contributed by atoms with Gasteiger partial charge in [0.2, 0.25) is 0 Å². The number of nitrogens with one attached hydrogen (secondary N) is 1. The molecule has 1 amide bonds. The van der Waals surface area contributed by atoms with Gasteiger partial charge in [-0.05, 0) is 34.1 Å². The molecule has 0 aliphatic carbocycles. The van der Waals surface area contributed by atoms with E-state index < -0.39 is 6.10 Å². The normalized spacial score (nSPS) is 12.2. The number of benzene rings is 1. The summed E-state index contributed by atoms with van der Waals surface area (Å²) in [5, 5.41) is 2.73. The molecular weight excluding hydrogens is 340 g/mol.